The second-order valence-electron chi connectivity index (χ2n) is 9.04. The Labute approximate surface area is 202 Å². The molecule has 1 saturated heterocycles. The molecule has 2 unspecified atom stereocenters. The van der Waals surface area contributed by atoms with E-state index in [-0.39, 0.29) is 6.10 Å². The van der Waals surface area contributed by atoms with Crippen molar-refractivity contribution in [3.8, 4) is 5.75 Å². The van der Waals surface area contributed by atoms with Crippen LogP contribution >= 0.6 is 0 Å². The standard InChI is InChI=1S/C28H36N2O4/c1-3-4-17-32-26-11-9-25(10-12-26)18-31-19-27-20-33-28(34-27,21-30-16-15-29-22-30)14-13-24-7-5-23(2)6-8-24/h5-12,15-16,22,27H,3-4,13-14,17-21H2,1-2H3. The van der Waals surface area contributed by atoms with Gasteiger partial charge in [0.1, 0.15) is 11.9 Å². The van der Waals surface area contributed by atoms with E-state index in [1.54, 1.807) is 12.5 Å². The van der Waals surface area contributed by atoms with Crippen LogP contribution in [0.15, 0.2) is 67.3 Å². The van der Waals surface area contributed by atoms with Crippen molar-refractivity contribution >= 4 is 0 Å². The molecule has 0 N–H and O–H groups in total. The van der Waals surface area contributed by atoms with Gasteiger partial charge in [0.15, 0.2) is 5.79 Å². The molecule has 6 nitrogen and oxygen atoms in total. The van der Waals surface area contributed by atoms with Crippen molar-refractivity contribution in [1.29, 1.82) is 0 Å². The van der Waals surface area contributed by atoms with E-state index in [0.717, 1.165) is 43.6 Å². The third-order valence-corrected chi connectivity index (χ3v) is 6.07. The van der Waals surface area contributed by atoms with Gasteiger partial charge in [-0.1, -0.05) is 55.3 Å². The summed E-state index contributed by atoms with van der Waals surface area (Å²) in [6, 6.07) is 16.8. The maximum Gasteiger partial charge on any atom is 0.187 e. The van der Waals surface area contributed by atoms with Crippen LogP contribution in [-0.2, 0) is 33.8 Å². The van der Waals surface area contributed by atoms with E-state index in [4.69, 9.17) is 18.9 Å². The SMILES string of the molecule is CCCCOc1ccc(COCC2COC(CCc3ccc(C)cc3)(Cn3ccnc3)O2)cc1. The van der Waals surface area contributed by atoms with Crippen LogP contribution in [0.3, 0.4) is 0 Å². The molecule has 182 valence electrons. The van der Waals surface area contributed by atoms with Crippen molar-refractivity contribution in [1.82, 2.24) is 9.55 Å². The number of hydrogen-bond donors (Lipinski definition) is 0. The number of rotatable bonds is 13. The lowest BCUT2D eigenvalue weighted by atomic mass is 10.0. The van der Waals surface area contributed by atoms with Gasteiger partial charge in [-0.2, -0.15) is 0 Å². The number of aromatic nitrogens is 2. The molecule has 4 rings (SSSR count). The molecule has 2 aromatic carbocycles. The van der Waals surface area contributed by atoms with E-state index in [2.05, 4.69) is 55.2 Å². The molecule has 0 spiro atoms. The van der Waals surface area contributed by atoms with Gasteiger partial charge in [0, 0.05) is 18.8 Å². The minimum atomic E-state index is -0.683. The summed E-state index contributed by atoms with van der Waals surface area (Å²) in [4.78, 5) is 4.17. The zero-order chi connectivity index (χ0) is 23.6. The monoisotopic (exact) mass is 464 g/mol. The van der Waals surface area contributed by atoms with Crippen molar-refractivity contribution < 1.29 is 18.9 Å². The molecule has 2 heterocycles. The van der Waals surface area contributed by atoms with Crippen molar-refractivity contribution in [2.75, 3.05) is 19.8 Å². The summed E-state index contributed by atoms with van der Waals surface area (Å²) in [5.74, 6) is 0.222. The average Bonchev–Trinajstić information content (AvgIpc) is 3.51. The van der Waals surface area contributed by atoms with Crippen molar-refractivity contribution in [3.63, 3.8) is 0 Å². The number of ether oxygens (including phenoxy) is 4. The zero-order valence-corrected chi connectivity index (χ0v) is 20.3. The summed E-state index contributed by atoms with van der Waals surface area (Å²) in [6.07, 6.45) is 9.29. The number of aryl methyl sites for hydroxylation is 2. The molecule has 0 amide bonds. The number of imidazole rings is 1. The fraction of sp³-hybridized carbons (Fsp3) is 0.464. The fourth-order valence-electron chi connectivity index (χ4n) is 4.06. The number of nitrogens with zero attached hydrogens (tertiary/aromatic N) is 2. The van der Waals surface area contributed by atoms with Gasteiger partial charge in [0.05, 0.1) is 39.3 Å². The minimum Gasteiger partial charge on any atom is -0.494 e. The topological polar surface area (TPSA) is 54.7 Å². The second kappa shape index (κ2) is 12.2. The van der Waals surface area contributed by atoms with Gasteiger partial charge >= 0.3 is 0 Å². The third-order valence-electron chi connectivity index (χ3n) is 6.07. The summed E-state index contributed by atoms with van der Waals surface area (Å²) in [5.41, 5.74) is 3.66. The average molecular weight is 465 g/mol. The quantitative estimate of drug-likeness (QED) is 0.320. The minimum absolute atomic E-state index is 0.0989. The fourth-order valence-corrected chi connectivity index (χ4v) is 4.06. The molecule has 1 aliphatic heterocycles. The van der Waals surface area contributed by atoms with E-state index in [1.807, 2.05) is 22.9 Å². The van der Waals surface area contributed by atoms with Crippen LogP contribution in [0.5, 0.6) is 5.75 Å². The van der Waals surface area contributed by atoms with Crippen LogP contribution in [0.1, 0.15) is 42.9 Å². The number of unbranched alkanes of at least 4 members (excludes halogenated alkanes) is 1. The van der Waals surface area contributed by atoms with Gasteiger partial charge in [0.25, 0.3) is 0 Å². The van der Waals surface area contributed by atoms with Crippen molar-refractivity contribution in [2.24, 2.45) is 0 Å². The van der Waals surface area contributed by atoms with Crippen LogP contribution in [0.4, 0.5) is 0 Å². The second-order valence-corrected chi connectivity index (χ2v) is 9.04. The Bertz CT molecular complexity index is 973. The van der Waals surface area contributed by atoms with E-state index in [9.17, 15) is 0 Å². The van der Waals surface area contributed by atoms with Crippen molar-refractivity contribution in [3.05, 3.63) is 83.9 Å². The van der Waals surface area contributed by atoms with E-state index in [0.29, 0.717) is 26.4 Å². The van der Waals surface area contributed by atoms with Crippen LogP contribution in [0, 0.1) is 6.92 Å². The summed E-state index contributed by atoms with van der Waals surface area (Å²) < 4.78 is 26.5. The van der Waals surface area contributed by atoms with Crippen LogP contribution in [-0.4, -0.2) is 41.3 Å². The molecule has 6 heteroatoms. The molecule has 2 atom stereocenters. The Kier molecular flexibility index (Phi) is 8.74. The molecule has 0 aliphatic carbocycles. The number of benzene rings is 2. The van der Waals surface area contributed by atoms with Gasteiger partial charge in [-0.25, -0.2) is 4.98 Å². The zero-order valence-electron chi connectivity index (χ0n) is 20.3. The molecular formula is C28H36N2O4. The first-order valence-electron chi connectivity index (χ1n) is 12.3. The van der Waals surface area contributed by atoms with E-state index in [1.165, 1.54) is 11.1 Å². The van der Waals surface area contributed by atoms with Crippen LogP contribution in [0.25, 0.3) is 0 Å². The Hall–Kier alpha value is -2.67. The van der Waals surface area contributed by atoms with E-state index >= 15 is 0 Å². The molecule has 34 heavy (non-hydrogen) atoms. The van der Waals surface area contributed by atoms with Crippen LogP contribution < -0.4 is 4.74 Å². The highest BCUT2D eigenvalue weighted by Gasteiger charge is 2.41. The van der Waals surface area contributed by atoms with Gasteiger partial charge < -0.3 is 23.5 Å². The van der Waals surface area contributed by atoms with Gasteiger partial charge in [-0.05, 0) is 43.0 Å². The molecule has 0 radical (unpaired) electrons. The molecule has 3 aromatic rings. The molecule has 1 fully saturated rings. The summed E-state index contributed by atoms with van der Waals surface area (Å²) in [6.45, 7) is 7.18. The lowest BCUT2D eigenvalue weighted by molar-refractivity contribution is -0.187. The highest BCUT2D eigenvalue weighted by atomic mass is 16.8. The Morgan fingerprint density at radius 2 is 1.88 bits per heavy atom. The highest BCUT2D eigenvalue weighted by Crippen LogP contribution is 2.31. The third kappa shape index (κ3) is 7.16. The molecule has 1 aromatic heterocycles. The van der Waals surface area contributed by atoms with Gasteiger partial charge in [-0.15, -0.1) is 0 Å². The summed E-state index contributed by atoms with van der Waals surface area (Å²) >= 11 is 0. The Morgan fingerprint density at radius 3 is 2.62 bits per heavy atom. The molecular weight excluding hydrogens is 428 g/mol. The molecule has 0 bridgehead atoms. The Balaban J connectivity index is 1.28. The molecule has 0 saturated carbocycles. The smallest absolute Gasteiger partial charge is 0.187 e. The van der Waals surface area contributed by atoms with Gasteiger partial charge in [0.2, 0.25) is 0 Å². The predicted octanol–water partition coefficient (Wildman–Crippen LogP) is 5.33. The maximum absolute atomic E-state index is 6.46. The van der Waals surface area contributed by atoms with Crippen molar-refractivity contribution in [2.45, 2.75) is 64.6 Å². The van der Waals surface area contributed by atoms with E-state index < -0.39 is 5.79 Å². The number of hydrogen-bond acceptors (Lipinski definition) is 5. The normalized spacial score (nSPS) is 20.0. The summed E-state index contributed by atoms with van der Waals surface area (Å²) in [7, 11) is 0. The highest BCUT2D eigenvalue weighted by molar-refractivity contribution is 5.27. The first-order valence-corrected chi connectivity index (χ1v) is 12.3. The lowest BCUT2D eigenvalue weighted by Crippen LogP contribution is -2.37. The first kappa shape index (κ1) is 24.5. The Morgan fingerprint density at radius 1 is 1.09 bits per heavy atom. The maximum atomic E-state index is 6.46. The largest absolute Gasteiger partial charge is 0.494 e. The van der Waals surface area contributed by atoms with Gasteiger partial charge in [-0.3, -0.25) is 0 Å². The van der Waals surface area contributed by atoms with Crippen LogP contribution in [0.2, 0.25) is 0 Å². The lowest BCUT2D eigenvalue weighted by Gasteiger charge is -2.28. The summed E-state index contributed by atoms with van der Waals surface area (Å²) in [5, 5.41) is 0. The predicted molar refractivity (Wildman–Crippen MR) is 132 cm³/mol. The first-order chi connectivity index (χ1) is 16.6. The molecule has 1 aliphatic rings.